The van der Waals surface area contributed by atoms with Gasteiger partial charge < -0.3 is 14.8 Å². The highest BCUT2D eigenvalue weighted by Gasteiger charge is 2.24. The van der Waals surface area contributed by atoms with Crippen LogP contribution in [0.2, 0.25) is 0 Å². The van der Waals surface area contributed by atoms with Gasteiger partial charge in [0.25, 0.3) is 0 Å². The minimum atomic E-state index is -0.638. The molecule has 0 unspecified atom stereocenters. The fourth-order valence-electron chi connectivity index (χ4n) is 2.25. The van der Waals surface area contributed by atoms with Crippen molar-refractivity contribution in [2.45, 2.75) is 90.9 Å². The van der Waals surface area contributed by atoms with Crippen LogP contribution in [0.15, 0.2) is 24.8 Å². The first-order valence-electron chi connectivity index (χ1n) is 9.15. The minimum Gasteiger partial charge on any atom is -0.456 e. The number of carbonyl (C=O) groups is 2. The van der Waals surface area contributed by atoms with Crippen molar-refractivity contribution in [3.8, 4) is 0 Å². The van der Waals surface area contributed by atoms with Crippen molar-refractivity contribution in [2.24, 2.45) is 0 Å². The summed E-state index contributed by atoms with van der Waals surface area (Å²) in [6, 6.07) is -0.508. The summed E-state index contributed by atoms with van der Waals surface area (Å²) in [5, 5.41) is 2.74. The molecule has 0 fully saturated rings. The number of hydrogen-bond acceptors (Lipinski definition) is 4. The number of ether oxygens (including phenoxy) is 2. The molecule has 0 rings (SSSR count). The summed E-state index contributed by atoms with van der Waals surface area (Å²) in [5.74, 6) is -0.422. The lowest BCUT2D eigenvalue weighted by Crippen LogP contribution is -2.45. The second-order valence-electron chi connectivity index (χ2n) is 7.11. The van der Waals surface area contributed by atoms with Gasteiger partial charge in [0.05, 0.1) is 6.04 Å². The maximum atomic E-state index is 12.0. The number of alkyl carbamates (subject to hydrolysis) is 1. The van der Waals surface area contributed by atoms with Gasteiger partial charge in [0.2, 0.25) is 0 Å². The van der Waals surface area contributed by atoms with Crippen molar-refractivity contribution in [3.63, 3.8) is 0 Å². The number of nitrogens with one attached hydrogen (secondary N) is 1. The Morgan fingerprint density at radius 2 is 1.80 bits per heavy atom. The van der Waals surface area contributed by atoms with E-state index < -0.39 is 29.8 Å². The van der Waals surface area contributed by atoms with Crippen molar-refractivity contribution in [1.29, 1.82) is 0 Å². The summed E-state index contributed by atoms with van der Waals surface area (Å²) < 4.78 is 10.5. The zero-order chi connectivity index (χ0) is 19.3. The number of allylic oxidation sites excluding steroid dienone is 1. The van der Waals surface area contributed by atoms with E-state index in [4.69, 9.17) is 9.47 Å². The molecule has 0 bridgehead atoms. The topological polar surface area (TPSA) is 64.6 Å². The fraction of sp³-hybridized carbons (Fsp3) is 0.700. The Labute approximate surface area is 152 Å². The third-order valence-electron chi connectivity index (χ3n) is 3.39. The van der Waals surface area contributed by atoms with E-state index in [2.05, 4.69) is 18.8 Å². The molecule has 5 nitrogen and oxygen atoms in total. The maximum Gasteiger partial charge on any atom is 0.408 e. The average Bonchev–Trinajstić information content (AvgIpc) is 2.48. The molecule has 0 spiro atoms. The molecule has 0 aromatic rings. The van der Waals surface area contributed by atoms with E-state index in [1.54, 1.807) is 20.8 Å². The SMILES string of the molecule is C=C[C@@H](OC(C)=O)[C@H](/C=C/CCCCCCC)NC(=O)OC(C)(C)C. The van der Waals surface area contributed by atoms with E-state index in [1.807, 2.05) is 12.2 Å². The van der Waals surface area contributed by atoms with E-state index in [0.717, 1.165) is 12.8 Å². The molecule has 0 aromatic carbocycles. The van der Waals surface area contributed by atoms with Gasteiger partial charge in [-0.25, -0.2) is 4.79 Å². The first-order valence-corrected chi connectivity index (χ1v) is 9.15. The van der Waals surface area contributed by atoms with Gasteiger partial charge in [0.1, 0.15) is 11.7 Å². The van der Waals surface area contributed by atoms with Crippen molar-refractivity contribution >= 4 is 12.1 Å². The molecule has 1 amide bonds. The predicted molar refractivity (Wildman–Crippen MR) is 101 cm³/mol. The number of unbranched alkanes of at least 4 members (excludes halogenated alkanes) is 5. The maximum absolute atomic E-state index is 12.0. The van der Waals surface area contributed by atoms with Gasteiger partial charge in [0.15, 0.2) is 0 Å². The Balaban J connectivity index is 4.74. The van der Waals surface area contributed by atoms with Crippen LogP contribution in [0.1, 0.15) is 73.1 Å². The van der Waals surface area contributed by atoms with Crippen LogP contribution >= 0.6 is 0 Å². The molecule has 0 aliphatic rings. The van der Waals surface area contributed by atoms with Gasteiger partial charge in [-0.3, -0.25) is 4.79 Å². The highest BCUT2D eigenvalue weighted by atomic mass is 16.6. The van der Waals surface area contributed by atoms with Crippen molar-refractivity contribution in [3.05, 3.63) is 24.8 Å². The van der Waals surface area contributed by atoms with Gasteiger partial charge in [-0.1, -0.05) is 51.3 Å². The molecule has 0 aliphatic heterocycles. The first-order chi connectivity index (χ1) is 11.7. The highest BCUT2D eigenvalue weighted by molar-refractivity contribution is 5.69. The van der Waals surface area contributed by atoms with Crippen LogP contribution in [0.5, 0.6) is 0 Å². The number of amides is 1. The van der Waals surface area contributed by atoms with Crippen molar-refractivity contribution in [2.75, 3.05) is 0 Å². The standard InChI is InChI=1S/C20H35NO4/c1-7-9-10-11-12-13-14-15-17(18(8-2)24-16(3)22)21-19(23)25-20(4,5)6/h8,14-15,17-18H,2,7,9-13H2,1,3-6H3,(H,21,23)/b15-14+/t17-,18+/m0/s1. The lowest BCUT2D eigenvalue weighted by Gasteiger charge is -2.25. The van der Waals surface area contributed by atoms with Crippen LogP contribution in [-0.4, -0.2) is 29.8 Å². The lowest BCUT2D eigenvalue weighted by atomic mass is 10.1. The predicted octanol–water partition coefficient (Wildman–Crippen LogP) is 4.91. The zero-order valence-corrected chi connectivity index (χ0v) is 16.5. The second-order valence-corrected chi connectivity index (χ2v) is 7.11. The summed E-state index contributed by atoms with van der Waals surface area (Å²) in [4.78, 5) is 23.3. The number of esters is 1. The normalized spacial score (nSPS) is 14.0. The highest BCUT2D eigenvalue weighted by Crippen LogP contribution is 2.11. The van der Waals surface area contributed by atoms with Gasteiger partial charge in [0, 0.05) is 6.92 Å². The first kappa shape index (κ1) is 23.2. The quantitative estimate of drug-likeness (QED) is 0.325. The molecule has 0 radical (unpaired) electrons. The monoisotopic (exact) mass is 353 g/mol. The Bertz CT molecular complexity index is 437. The third-order valence-corrected chi connectivity index (χ3v) is 3.39. The van der Waals surface area contributed by atoms with Crippen LogP contribution in [0.4, 0.5) is 4.79 Å². The molecular weight excluding hydrogens is 318 g/mol. The van der Waals surface area contributed by atoms with Gasteiger partial charge in [-0.15, -0.1) is 0 Å². The van der Waals surface area contributed by atoms with Gasteiger partial charge in [-0.2, -0.15) is 0 Å². The molecule has 0 aliphatic carbocycles. The Hall–Kier alpha value is -1.78. The fourth-order valence-corrected chi connectivity index (χ4v) is 2.25. The van der Waals surface area contributed by atoms with Crippen LogP contribution in [0.3, 0.4) is 0 Å². The lowest BCUT2D eigenvalue weighted by molar-refractivity contribution is -0.144. The van der Waals surface area contributed by atoms with E-state index in [-0.39, 0.29) is 0 Å². The van der Waals surface area contributed by atoms with E-state index in [0.29, 0.717) is 0 Å². The van der Waals surface area contributed by atoms with E-state index in [1.165, 1.54) is 38.7 Å². The van der Waals surface area contributed by atoms with Crippen LogP contribution in [0, 0.1) is 0 Å². The van der Waals surface area contributed by atoms with Gasteiger partial charge >= 0.3 is 12.1 Å². The molecule has 144 valence electrons. The van der Waals surface area contributed by atoms with E-state index >= 15 is 0 Å². The Morgan fingerprint density at radius 1 is 1.16 bits per heavy atom. The Morgan fingerprint density at radius 3 is 2.32 bits per heavy atom. The number of hydrogen-bond donors (Lipinski definition) is 1. The number of rotatable bonds is 11. The summed E-state index contributed by atoms with van der Waals surface area (Å²) in [7, 11) is 0. The molecule has 1 N–H and O–H groups in total. The smallest absolute Gasteiger partial charge is 0.408 e. The molecule has 0 saturated carbocycles. The van der Waals surface area contributed by atoms with E-state index in [9.17, 15) is 9.59 Å². The van der Waals surface area contributed by atoms with Crippen molar-refractivity contribution < 1.29 is 19.1 Å². The minimum absolute atomic E-state index is 0.422. The van der Waals surface area contributed by atoms with Crippen LogP contribution in [-0.2, 0) is 14.3 Å². The average molecular weight is 354 g/mol. The molecule has 0 heterocycles. The molecule has 25 heavy (non-hydrogen) atoms. The molecular formula is C20H35NO4. The largest absolute Gasteiger partial charge is 0.456 e. The zero-order valence-electron chi connectivity index (χ0n) is 16.5. The summed E-state index contributed by atoms with van der Waals surface area (Å²) in [6.07, 6.45) is 11.1. The summed E-state index contributed by atoms with van der Waals surface area (Å²) >= 11 is 0. The molecule has 2 atom stereocenters. The Kier molecular flexibility index (Phi) is 11.7. The third kappa shape index (κ3) is 13.2. The van der Waals surface area contributed by atoms with Crippen LogP contribution in [0.25, 0.3) is 0 Å². The second kappa shape index (κ2) is 12.6. The van der Waals surface area contributed by atoms with Crippen molar-refractivity contribution in [1.82, 2.24) is 5.32 Å². The van der Waals surface area contributed by atoms with Crippen LogP contribution < -0.4 is 5.32 Å². The molecule has 5 heteroatoms. The number of carbonyl (C=O) groups excluding carboxylic acids is 2. The summed E-state index contributed by atoms with van der Waals surface area (Å²) in [6.45, 7) is 12.6. The van der Waals surface area contributed by atoms with Gasteiger partial charge in [-0.05, 0) is 39.7 Å². The molecule has 0 aromatic heterocycles. The summed E-state index contributed by atoms with van der Waals surface area (Å²) in [5.41, 5.74) is -0.595. The molecule has 0 saturated heterocycles.